The molecule has 0 radical (unpaired) electrons. The highest BCUT2D eigenvalue weighted by molar-refractivity contribution is 6.22. The van der Waals surface area contributed by atoms with E-state index in [0.29, 0.717) is 28.6 Å². The molecule has 1 N–H and O–H groups in total. The van der Waals surface area contributed by atoms with Crippen LogP contribution in [0.3, 0.4) is 0 Å². The molecule has 0 aromatic heterocycles. The van der Waals surface area contributed by atoms with Crippen molar-refractivity contribution in [2.24, 2.45) is 0 Å². The number of rotatable bonds is 9. The van der Waals surface area contributed by atoms with E-state index in [0.717, 1.165) is 16.0 Å². The number of hydrogen-bond acceptors (Lipinski definition) is 6. The third-order valence-corrected chi connectivity index (χ3v) is 6.13. The van der Waals surface area contributed by atoms with Crippen molar-refractivity contribution in [2.75, 3.05) is 31.5 Å². The fourth-order valence-electron chi connectivity index (χ4n) is 4.26. The summed E-state index contributed by atoms with van der Waals surface area (Å²) in [6.07, 6.45) is -0.202. The molecule has 4 rings (SSSR count). The second-order valence-corrected chi connectivity index (χ2v) is 8.61. The van der Waals surface area contributed by atoms with Gasteiger partial charge in [0.1, 0.15) is 11.8 Å². The van der Waals surface area contributed by atoms with E-state index in [-0.39, 0.29) is 18.9 Å². The summed E-state index contributed by atoms with van der Waals surface area (Å²) in [7, 11) is 4.62. The Morgan fingerprint density at radius 3 is 2.27 bits per heavy atom. The maximum Gasteiger partial charge on any atom is 0.332 e. The van der Waals surface area contributed by atoms with Crippen LogP contribution in [0.4, 0.5) is 16.2 Å². The molecular formula is C28H29N3O6. The third kappa shape index (κ3) is 5.50. The van der Waals surface area contributed by atoms with E-state index in [1.807, 2.05) is 13.0 Å². The molecule has 3 aromatic carbocycles. The number of anilines is 2. The second kappa shape index (κ2) is 11.0. The number of carbonyl (C=O) groups is 3. The summed E-state index contributed by atoms with van der Waals surface area (Å²) in [6.45, 7) is 1.99. The summed E-state index contributed by atoms with van der Waals surface area (Å²) in [6, 6.07) is 17.8. The number of hydrogen-bond donors (Lipinski definition) is 1. The van der Waals surface area contributed by atoms with Gasteiger partial charge < -0.3 is 24.4 Å². The number of carbonyl (C=O) groups excluding carboxylic acids is 3. The van der Waals surface area contributed by atoms with Gasteiger partial charge in [0.05, 0.1) is 33.4 Å². The lowest BCUT2D eigenvalue weighted by atomic mass is 10.1. The maximum atomic E-state index is 13.6. The predicted molar refractivity (Wildman–Crippen MR) is 139 cm³/mol. The average molecular weight is 504 g/mol. The van der Waals surface area contributed by atoms with Crippen molar-refractivity contribution in [3.63, 3.8) is 0 Å². The highest BCUT2D eigenvalue weighted by Crippen LogP contribution is 2.32. The number of urea groups is 1. The summed E-state index contributed by atoms with van der Waals surface area (Å²) in [5, 5.41) is 2.80. The Morgan fingerprint density at radius 1 is 0.892 bits per heavy atom. The first-order valence-electron chi connectivity index (χ1n) is 11.7. The fraction of sp³-hybridized carbons (Fsp3) is 0.250. The molecule has 9 heteroatoms. The van der Waals surface area contributed by atoms with E-state index >= 15 is 0 Å². The van der Waals surface area contributed by atoms with Gasteiger partial charge >= 0.3 is 6.03 Å². The van der Waals surface area contributed by atoms with Crippen LogP contribution in [0, 0.1) is 6.92 Å². The summed E-state index contributed by atoms with van der Waals surface area (Å²) in [5.41, 5.74) is 2.66. The number of methoxy groups -OCH3 is 3. The third-order valence-electron chi connectivity index (χ3n) is 6.13. The average Bonchev–Trinajstić information content (AvgIpc) is 3.12. The molecule has 0 spiro atoms. The Morgan fingerprint density at radius 2 is 1.62 bits per heavy atom. The molecular weight excluding hydrogens is 474 g/mol. The Bertz CT molecular complexity index is 1310. The summed E-state index contributed by atoms with van der Waals surface area (Å²) < 4.78 is 15.8. The van der Waals surface area contributed by atoms with Crippen LogP contribution in [-0.2, 0) is 16.1 Å². The van der Waals surface area contributed by atoms with Crippen LogP contribution in [0.2, 0.25) is 0 Å². The number of aryl methyl sites for hydroxylation is 1. The van der Waals surface area contributed by atoms with E-state index in [1.165, 1.54) is 19.1 Å². The molecule has 1 aliphatic heterocycles. The molecule has 0 bridgehead atoms. The van der Waals surface area contributed by atoms with Crippen LogP contribution < -0.4 is 24.4 Å². The van der Waals surface area contributed by atoms with Gasteiger partial charge in [-0.05, 0) is 66.6 Å². The van der Waals surface area contributed by atoms with E-state index in [2.05, 4.69) is 5.32 Å². The molecule has 1 heterocycles. The van der Waals surface area contributed by atoms with Gasteiger partial charge in [-0.15, -0.1) is 0 Å². The number of benzene rings is 3. The zero-order valence-corrected chi connectivity index (χ0v) is 21.2. The van der Waals surface area contributed by atoms with Gasteiger partial charge in [0.25, 0.3) is 5.91 Å². The molecule has 3 aromatic rings. The zero-order valence-electron chi connectivity index (χ0n) is 21.2. The molecule has 0 aliphatic carbocycles. The standard InChI is InChI=1S/C28H29N3O6/c1-18-6-5-7-21(14-18)31-27(33)23(16-26(32)29-20-9-11-22(35-2)12-10-20)30(28(31)34)17-19-8-13-24(36-3)25(15-19)37-4/h5-15,23H,16-17H2,1-4H3,(H,29,32). The number of ether oxygens (including phenoxy) is 3. The highest BCUT2D eigenvalue weighted by Gasteiger charge is 2.46. The van der Waals surface area contributed by atoms with Gasteiger partial charge in [-0.25, -0.2) is 9.69 Å². The van der Waals surface area contributed by atoms with Gasteiger partial charge in [0, 0.05) is 12.2 Å². The number of nitrogens with zero attached hydrogens (tertiary/aromatic N) is 2. The van der Waals surface area contributed by atoms with Gasteiger partial charge in [-0.2, -0.15) is 0 Å². The minimum absolute atomic E-state index is 0.105. The van der Waals surface area contributed by atoms with Gasteiger partial charge in [-0.3, -0.25) is 9.59 Å². The van der Waals surface area contributed by atoms with Crippen LogP contribution >= 0.6 is 0 Å². The number of nitrogens with one attached hydrogen (secondary N) is 1. The first-order chi connectivity index (χ1) is 17.8. The smallest absolute Gasteiger partial charge is 0.332 e. The Kier molecular flexibility index (Phi) is 7.62. The lowest BCUT2D eigenvalue weighted by Crippen LogP contribution is -2.37. The van der Waals surface area contributed by atoms with Crippen LogP contribution in [-0.4, -0.2) is 50.1 Å². The molecule has 9 nitrogen and oxygen atoms in total. The van der Waals surface area contributed by atoms with E-state index in [9.17, 15) is 14.4 Å². The predicted octanol–water partition coefficient (Wildman–Crippen LogP) is 4.39. The molecule has 1 atom stereocenters. The van der Waals surface area contributed by atoms with Gasteiger partial charge in [0.15, 0.2) is 11.5 Å². The van der Waals surface area contributed by atoms with Crippen LogP contribution in [0.1, 0.15) is 17.5 Å². The lowest BCUT2D eigenvalue weighted by Gasteiger charge is -2.22. The highest BCUT2D eigenvalue weighted by atomic mass is 16.5. The van der Waals surface area contributed by atoms with Crippen molar-refractivity contribution in [1.82, 2.24) is 4.90 Å². The van der Waals surface area contributed by atoms with Gasteiger partial charge in [-0.1, -0.05) is 18.2 Å². The molecule has 192 valence electrons. The zero-order chi connectivity index (χ0) is 26.5. The SMILES string of the molecule is COc1ccc(NC(=O)CC2C(=O)N(c3cccc(C)c3)C(=O)N2Cc2ccc(OC)c(OC)c2)cc1. The largest absolute Gasteiger partial charge is 0.497 e. The Balaban J connectivity index is 1.61. The van der Waals surface area contributed by atoms with Crippen molar-refractivity contribution in [2.45, 2.75) is 25.9 Å². The Labute approximate surface area is 215 Å². The fourth-order valence-corrected chi connectivity index (χ4v) is 4.26. The number of amides is 4. The van der Waals surface area contributed by atoms with Crippen LogP contribution in [0.5, 0.6) is 17.2 Å². The Hall–Kier alpha value is -4.53. The summed E-state index contributed by atoms with van der Waals surface area (Å²) in [5.74, 6) is 0.860. The quantitative estimate of drug-likeness (QED) is 0.435. The van der Waals surface area contributed by atoms with Crippen LogP contribution in [0.25, 0.3) is 0 Å². The topological polar surface area (TPSA) is 97.4 Å². The van der Waals surface area contributed by atoms with E-state index in [4.69, 9.17) is 14.2 Å². The maximum absolute atomic E-state index is 13.6. The molecule has 1 unspecified atom stereocenters. The van der Waals surface area contributed by atoms with Crippen molar-refractivity contribution in [3.05, 3.63) is 77.9 Å². The normalized spacial score (nSPS) is 15.1. The van der Waals surface area contributed by atoms with E-state index < -0.39 is 18.0 Å². The first kappa shape index (κ1) is 25.6. The summed E-state index contributed by atoms with van der Waals surface area (Å²) >= 11 is 0. The molecule has 1 saturated heterocycles. The molecule has 4 amide bonds. The van der Waals surface area contributed by atoms with Crippen molar-refractivity contribution in [1.29, 1.82) is 0 Å². The second-order valence-electron chi connectivity index (χ2n) is 8.61. The van der Waals surface area contributed by atoms with Crippen molar-refractivity contribution < 1.29 is 28.6 Å². The molecule has 1 fully saturated rings. The minimum Gasteiger partial charge on any atom is -0.497 e. The minimum atomic E-state index is -0.987. The molecule has 37 heavy (non-hydrogen) atoms. The van der Waals surface area contributed by atoms with Gasteiger partial charge in [0.2, 0.25) is 5.91 Å². The summed E-state index contributed by atoms with van der Waals surface area (Å²) in [4.78, 5) is 42.6. The van der Waals surface area contributed by atoms with Crippen molar-refractivity contribution in [3.8, 4) is 17.2 Å². The molecule has 1 aliphatic rings. The number of imide groups is 1. The first-order valence-corrected chi connectivity index (χ1v) is 11.7. The van der Waals surface area contributed by atoms with E-state index in [1.54, 1.807) is 67.8 Å². The van der Waals surface area contributed by atoms with Crippen LogP contribution in [0.15, 0.2) is 66.7 Å². The monoisotopic (exact) mass is 503 g/mol. The lowest BCUT2D eigenvalue weighted by molar-refractivity contribution is -0.124. The van der Waals surface area contributed by atoms with Crippen molar-refractivity contribution >= 4 is 29.2 Å². The molecule has 0 saturated carbocycles.